The smallest absolute Gasteiger partial charge is 0.410 e. The number of piperazine rings is 1. The molecule has 3 aromatic heterocycles. The minimum absolute atomic E-state index is 0.0768. The van der Waals surface area contributed by atoms with Crippen LogP contribution >= 0.6 is 0 Å². The van der Waals surface area contributed by atoms with Gasteiger partial charge in [0.05, 0.1) is 17.6 Å². The summed E-state index contributed by atoms with van der Waals surface area (Å²) in [7, 11) is 0. The molecular formula is C28H38N8O3. The number of nitrogens with one attached hydrogen (secondary N) is 2. The maximum Gasteiger partial charge on any atom is 0.410 e. The SMILES string of the molecule is CC(C)CC1CNC2OC2c2cc3cnc(Nc4ccc(N5CCN(C(=O)OC(C)(C)C)CC5)cn4)nc3n21. The van der Waals surface area contributed by atoms with Gasteiger partial charge in [-0.05, 0) is 51.3 Å². The van der Waals surface area contributed by atoms with Crippen molar-refractivity contribution in [3.63, 3.8) is 0 Å². The van der Waals surface area contributed by atoms with Crippen LogP contribution in [0.3, 0.4) is 0 Å². The fourth-order valence-corrected chi connectivity index (χ4v) is 5.50. The molecule has 2 saturated heterocycles. The van der Waals surface area contributed by atoms with Crippen molar-refractivity contribution in [2.45, 2.75) is 65.0 Å². The highest BCUT2D eigenvalue weighted by Crippen LogP contribution is 2.43. The zero-order valence-corrected chi connectivity index (χ0v) is 23.3. The summed E-state index contributed by atoms with van der Waals surface area (Å²) in [5.41, 5.74) is 2.62. The molecule has 2 N–H and O–H groups in total. The van der Waals surface area contributed by atoms with E-state index in [1.54, 1.807) is 4.90 Å². The van der Waals surface area contributed by atoms with E-state index in [2.05, 4.69) is 50.0 Å². The Morgan fingerprint density at radius 2 is 1.97 bits per heavy atom. The van der Waals surface area contributed by atoms with Gasteiger partial charge in [-0.2, -0.15) is 4.98 Å². The van der Waals surface area contributed by atoms with Crippen LogP contribution in [0, 0.1) is 5.92 Å². The van der Waals surface area contributed by atoms with Gasteiger partial charge in [-0.25, -0.2) is 14.8 Å². The third-order valence-electron chi connectivity index (χ3n) is 7.34. The number of nitrogens with zero attached hydrogens (tertiary/aromatic N) is 6. The molecule has 0 bridgehead atoms. The molecule has 2 fully saturated rings. The standard InChI is InChI=1S/C28H38N8O3/c1-17(2)12-20-16-30-25-23(38-25)21-13-18-14-31-26(33-24(18)36(20)21)32-22-7-6-19(15-29-22)34-8-10-35(11-9-34)27(37)39-28(3,4)5/h6-7,13-15,17,20,23,25,30H,8-12,16H2,1-5H3,(H,29,31,32,33). The Hall–Kier alpha value is -3.44. The Balaban J connectivity index is 1.14. The first-order valence-electron chi connectivity index (χ1n) is 13.9. The summed E-state index contributed by atoms with van der Waals surface area (Å²) < 4.78 is 13.7. The van der Waals surface area contributed by atoms with Gasteiger partial charge in [0, 0.05) is 50.3 Å². The second-order valence-electron chi connectivity index (χ2n) is 12.1. The predicted molar refractivity (Wildman–Crippen MR) is 149 cm³/mol. The molecule has 0 saturated carbocycles. The van der Waals surface area contributed by atoms with E-state index in [4.69, 9.17) is 14.5 Å². The largest absolute Gasteiger partial charge is 0.444 e. The number of epoxide rings is 1. The van der Waals surface area contributed by atoms with Gasteiger partial charge in [0.1, 0.15) is 29.4 Å². The van der Waals surface area contributed by atoms with Crippen LogP contribution in [0.2, 0.25) is 0 Å². The van der Waals surface area contributed by atoms with Crippen molar-refractivity contribution in [2.24, 2.45) is 5.92 Å². The number of aromatic nitrogens is 4. The number of amides is 1. The van der Waals surface area contributed by atoms with Crippen molar-refractivity contribution in [3.05, 3.63) is 36.3 Å². The van der Waals surface area contributed by atoms with Crippen molar-refractivity contribution < 1.29 is 14.3 Å². The normalized spacial score (nSPS) is 22.9. The molecular weight excluding hydrogens is 496 g/mol. The van der Waals surface area contributed by atoms with E-state index in [0.29, 0.717) is 36.8 Å². The number of fused-ring (bicyclic) bond motifs is 5. The molecule has 3 atom stereocenters. The predicted octanol–water partition coefficient (Wildman–Crippen LogP) is 4.21. The number of carbonyl (C=O) groups is 1. The molecule has 11 heteroatoms. The Morgan fingerprint density at radius 1 is 1.18 bits per heavy atom. The molecule has 6 rings (SSSR count). The van der Waals surface area contributed by atoms with E-state index in [1.807, 2.05) is 45.3 Å². The van der Waals surface area contributed by atoms with Gasteiger partial charge in [-0.3, -0.25) is 5.32 Å². The molecule has 3 aliphatic rings. The fraction of sp³-hybridized carbons (Fsp3) is 0.571. The highest BCUT2D eigenvalue weighted by molar-refractivity contribution is 5.79. The summed E-state index contributed by atoms with van der Waals surface area (Å²) >= 11 is 0. The van der Waals surface area contributed by atoms with E-state index in [9.17, 15) is 4.79 Å². The maximum atomic E-state index is 12.4. The zero-order chi connectivity index (χ0) is 27.3. The average Bonchev–Trinajstić information content (AvgIpc) is 3.59. The summed E-state index contributed by atoms with van der Waals surface area (Å²) in [6, 6.07) is 6.45. The van der Waals surface area contributed by atoms with Gasteiger partial charge in [0.25, 0.3) is 0 Å². The van der Waals surface area contributed by atoms with E-state index in [-0.39, 0.29) is 18.4 Å². The van der Waals surface area contributed by atoms with Crippen molar-refractivity contribution >= 4 is 34.6 Å². The number of rotatable bonds is 5. The molecule has 39 heavy (non-hydrogen) atoms. The number of anilines is 3. The first-order valence-corrected chi connectivity index (χ1v) is 13.9. The number of pyridine rings is 1. The van der Waals surface area contributed by atoms with E-state index >= 15 is 0 Å². The lowest BCUT2D eigenvalue weighted by Gasteiger charge is -2.36. The Labute approximate surface area is 228 Å². The molecule has 0 radical (unpaired) electrons. The van der Waals surface area contributed by atoms with Gasteiger partial charge >= 0.3 is 6.09 Å². The van der Waals surface area contributed by atoms with E-state index in [0.717, 1.165) is 42.8 Å². The first-order chi connectivity index (χ1) is 18.6. The van der Waals surface area contributed by atoms with E-state index < -0.39 is 5.60 Å². The third kappa shape index (κ3) is 5.51. The van der Waals surface area contributed by atoms with Gasteiger partial charge < -0.3 is 29.2 Å². The Morgan fingerprint density at radius 3 is 2.67 bits per heavy atom. The summed E-state index contributed by atoms with van der Waals surface area (Å²) in [6.07, 6.45) is 4.70. The lowest BCUT2D eigenvalue weighted by molar-refractivity contribution is 0.0240. The second kappa shape index (κ2) is 9.95. The summed E-state index contributed by atoms with van der Waals surface area (Å²) in [4.78, 5) is 30.5. The Bertz CT molecular complexity index is 1340. The average molecular weight is 535 g/mol. The van der Waals surface area contributed by atoms with Crippen molar-refractivity contribution in [1.29, 1.82) is 0 Å². The summed E-state index contributed by atoms with van der Waals surface area (Å²) in [6.45, 7) is 13.7. The van der Waals surface area contributed by atoms with Crippen LogP contribution in [-0.4, -0.2) is 75.1 Å². The summed E-state index contributed by atoms with van der Waals surface area (Å²) in [5.74, 6) is 1.77. The van der Waals surface area contributed by atoms with Crippen molar-refractivity contribution in [1.82, 2.24) is 29.7 Å². The number of carbonyl (C=O) groups excluding carboxylic acids is 1. The zero-order valence-electron chi connectivity index (χ0n) is 23.3. The lowest BCUT2D eigenvalue weighted by atomic mass is 10.0. The Kier molecular flexibility index (Phi) is 6.58. The number of ether oxygens (including phenoxy) is 2. The molecule has 6 heterocycles. The quantitative estimate of drug-likeness (QED) is 0.465. The van der Waals surface area contributed by atoms with Crippen LogP contribution in [-0.2, 0) is 9.47 Å². The van der Waals surface area contributed by atoms with Crippen LogP contribution in [0.1, 0.15) is 58.9 Å². The van der Waals surface area contributed by atoms with Crippen LogP contribution in [0.15, 0.2) is 30.6 Å². The molecule has 0 aromatic carbocycles. The highest BCUT2D eigenvalue weighted by atomic mass is 16.6. The molecule has 3 aliphatic heterocycles. The molecule has 1 amide bonds. The first kappa shape index (κ1) is 25.8. The van der Waals surface area contributed by atoms with Crippen molar-refractivity contribution in [3.8, 4) is 0 Å². The molecule has 0 spiro atoms. The maximum absolute atomic E-state index is 12.4. The molecule has 11 nitrogen and oxygen atoms in total. The van der Waals surface area contributed by atoms with Crippen molar-refractivity contribution in [2.75, 3.05) is 42.9 Å². The number of hydrogen-bond acceptors (Lipinski definition) is 9. The minimum Gasteiger partial charge on any atom is -0.444 e. The van der Waals surface area contributed by atoms with Gasteiger partial charge in [0.15, 0.2) is 0 Å². The summed E-state index contributed by atoms with van der Waals surface area (Å²) in [5, 5.41) is 7.83. The highest BCUT2D eigenvalue weighted by Gasteiger charge is 2.46. The lowest BCUT2D eigenvalue weighted by Crippen LogP contribution is -2.50. The van der Waals surface area contributed by atoms with Gasteiger partial charge in [-0.15, -0.1) is 0 Å². The molecule has 208 valence electrons. The molecule has 3 unspecified atom stereocenters. The van der Waals surface area contributed by atoms with Crippen LogP contribution < -0.4 is 15.5 Å². The third-order valence-corrected chi connectivity index (χ3v) is 7.34. The van der Waals surface area contributed by atoms with Crippen LogP contribution in [0.25, 0.3) is 11.0 Å². The minimum atomic E-state index is -0.489. The topological polar surface area (TPSA) is 113 Å². The van der Waals surface area contributed by atoms with Gasteiger partial charge in [-0.1, -0.05) is 13.8 Å². The van der Waals surface area contributed by atoms with Crippen LogP contribution in [0.4, 0.5) is 22.2 Å². The van der Waals surface area contributed by atoms with Crippen LogP contribution in [0.5, 0.6) is 0 Å². The van der Waals surface area contributed by atoms with E-state index in [1.165, 1.54) is 5.69 Å². The second-order valence-corrected chi connectivity index (χ2v) is 12.1. The molecule has 0 aliphatic carbocycles. The monoisotopic (exact) mass is 534 g/mol. The van der Waals surface area contributed by atoms with Gasteiger partial charge in [0.2, 0.25) is 5.95 Å². The fourth-order valence-electron chi connectivity index (χ4n) is 5.50. The number of hydrogen-bond donors (Lipinski definition) is 2. The molecule has 3 aromatic rings.